The largest absolute Gasteiger partial charge is 0.463 e. The van der Waals surface area contributed by atoms with E-state index in [2.05, 4.69) is 12.8 Å². The van der Waals surface area contributed by atoms with Gasteiger partial charge in [-0.1, -0.05) is 12.8 Å². The summed E-state index contributed by atoms with van der Waals surface area (Å²) in [5.74, 6) is 0. The molecule has 5 heteroatoms. The van der Waals surface area contributed by atoms with Gasteiger partial charge in [0.1, 0.15) is 0 Å². The van der Waals surface area contributed by atoms with Gasteiger partial charge in [0.25, 0.3) is 0 Å². The molecule has 0 unspecified atom stereocenters. The smallest absolute Gasteiger partial charge is 0.432 e. The highest BCUT2D eigenvalue weighted by Gasteiger charge is 2.18. The fraction of sp³-hybridized carbons (Fsp3) is 0.857. The molecule has 1 N–H and O–H groups in total. The maximum Gasteiger partial charge on any atom is 0.432 e. The monoisotopic (exact) mass is 190 g/mol. The van der Waals surface area contributed by atoms with E-state index in [1.54, 1.807) is 5.01 Å². The molecule has 1 rings (SSSR count). The quantitative estimate of drug-likeness (QED) is 0.617. The Hall–Kier alpha value is -0.420. The van der Waals surface area contributed by atoms with E-state index in [0.717, 1.165) is 30.3 Å². The fourth-order valence-electron chi connectivity index (χ4n) is 1.36. The Kier molecular flexibility index (Phi) is 3.68. The molecule has 0 atom stereocenters. The van der Waals surface area contributed by atoms with Gasteiger partial charge in [-0.05, 0) is 25.7 Å². The van der Waals surface area contributed by atoms with Gasteiger partial charge in [0.2, 0.25) is 0 Å². The van der Waals surface area contributed by atoms with Gasteiger partial charge in [-0.2, -0.15) is 4.41 Å². The van der Waals surface area contributed by atoms with Gasteiger partial charge >= 0.3 is 6.09 Å². The summed E-state index contributed by atoms with van der Waals surface area (Å²) in [4.78, 5) is 10.5. The number of hydrogen-bond acceptors (Lipinski definition) is 3. The highest BCUT2D eigenvalue weighted by atomic mass is 32.1. The number of hydrazine groups is 1. The van der Waals surface area contributed by atoms with Crippen LogP contribution in [-0.2, 0) is 0 Å². The summed E-state index contributed by atoms with van der Waals surface area (Å²) in [7, 11) is 0. The van der Waals surface area contributed by atoms with E-state index >= 15 is 0 Å². The molecular weight excluding hydrogens is 176 g/mol. The van der Waals surface area contributed by atoms with Crippen molar-refractivity contribution in [2.75, 3.05) is 13.1 Å². The lowest BCUT2D eigenvalue weighted by molar-refractivity contribution is 0.0697. The van der Waals surface area contributed by atoms with Crippen LogP contribution in [0.5, 0.6) is 0 Å². The van der Waals surface area contributed by atoms with Crippen LogP contribution in [0, 0.1) is 0 Å². The highest BCUT2D eigenvalue weighted by Crippen LogP contribution is 2.13. The van der Waals surface area contributed by atoms with Crippen molar-refractivity contribution in [2.24, 2.45) is 0 Å². The van der Waals surface area contributed by atoms with E-state index in [9.17, 15) is 4.79 Å². The molecule has 0 bridgehead atoms. The third-order valence-corrected chi connectivity index (χ3v) is 2.45. The number of hydrogen-bond donors (Lipinski definition) is 2. The second-order valence-electron chi connectivity index (χ2n) is 2.94. The maximum atomic E-state index is 10.5. The Morgan fingerprint density at radius 2 is 1.75 bits per heavy atom. The second kappa shape index (κ2) is 4.57. The number of nitrogens with zero attached hydrogens (tertiary/aromatic N) is 2. The first kappa shape index (κ1) is 9.67. The molecule has 0 aromatic heterocycles. The number of amides is 1. The first-order valence-corrected chi connectivity index (χ1v) is 4.58. The van der Waals surface area contributed by atoms with Gasteiger partial charge in [-0.25, -0.2) is 9.80 Å². The Bertz CT molecular complexity index is 157. The van der Waals surface area contributed by atoms with Crippen molar-refractivity contribution in [1.29, 1.82) is 0 Å². The Morgan fingerprint density at radius 3 is 2.17 bits per heavy atom. The van der Waals surface area contributed by atoms with Gasteiger partial charge in [0.15, 0.2) is 0 Å². The van der Waals surface area contributed by atoms with Crippen LogP contribution in [0.2, 0.25) is 0 Å². The maximum absolute atomic E-state index is 10.5. The molecule has 1 aliphatic rings. The molecule has 0 aromatic rings. The van der Waals surface area contributed by atoms with Crippen LogP contribution >= 0.6 is 12.8 Å². The van der Waals surface area contributed by atoms with Crippen LogP contribution in [0.15, 0.2) is 0 Å². The van der Waals surface area contributed by atoms with Gasteiger partial charge in [0, 0.05) is 13.1 Å². The Labute approximate surface area is 77.7 Å². The second-order valence-corrected chi connectivity index (χ2v) is 3.32. The van der Waals surface area contributed by atoms with Crippen molar-refractivity contribution in [3.05, 3.63) is 0 Å². The van der Waals surface area contributed by atoms with Gasteiger partial charge in [0.05, 0.1) is 0 Å². The number of carboxylic acid groups (broad SMARTS) is 1. The predicted octanol–water partition coefficient (Wildman–Crippen LogP) is 1.60. The molecule has 0 aliphatic carbocycles. The zero-order valence-corrected chi connectivity index (χ0v) is 7.83. The predicted molar refractivity (Wildman–Crippen MR) is 48.9 cm³/mol. The van der Waals surface area contributed by atoms with Crippen LogP contribution < -0.4 is 0 Å². The summed E-state index contributed by atoms with van der Waals surface area (Å²) in [5.41, 5.74) is 0. The normalized spacial score (nSPS) is 20.1. The highest BCUT2D eigenvalue weighted by molar-refractivity contribution is 7.78. The SMILES string of the molecule is O=C(O)N(S)N1CCCCCC1. The standard InChI is InChI=1S/C7H14N2O2S/c10-7(11)9(12)8-5-3-1-2-4-6-8/h12H,1-6H2,(H,10,11). The molecule has 12 heavy (non-hydrogen) atoms. The van der Waals surface area contributed by atoms with Crippen molar-refractivity contribution in [1.82, 2.24) is 9.42 Å². The lowest BCUT2D eigenvalue weighted by Gasteiger charge is -2.26. The van der Waals surface area contributed by atoms with Gasteiger partial charge in [-0.3, -0.25) is 0 Å². The third kappa shape index (κ3) is 2.57. The van der Waals surface area contributed by atoms with Crippen molar-refractivity contribution in [3.63, 3.8) is 0 Å². The molecule has 0 spiro atoms. The minimum Gasteiger partial charge on any atom is -0.463 e. The molecule has 0 aromatic carbocycles. The lowest BCUT2D eigenvalue weighted by atomic mass is 10.2. The van der Waals surface area contributed by atoms with E-state index in [4.69, 9.17) is 5.11 Å². The number of thiol groups is 1. The molecule has 1 heterocycles. The summed E-state index contributed by atoms with van der Waals surface area (Å²) in [6, 6.07) is 0. The molecule has 70 valence electrons. The molecule has 0 saturated carbocycles. The minimum absolute atomic E-state index is 0.801. The Morgan fingerprint density at radius 1 is 1.25 bits per heavy atom. The minimum atomic E-state index is -1.000. The van der Waals surface area contributed by atoms with Crippen LogP contribution in [0.4, 0.5) is 4.79 Å². The van der Waals surface area contributed by atoms with E-state index in [1.807, 2.05) is 0 Å². The van der Waals surface area contributed by atoms with Crippen LogP contribution in [0.3, 0.4) is 0 Å². The van der Waals surface area contributed by atoms with Crippen LogP contribution in [-0.4, -0.2) is 33.7 Å². The molecule has 1 aliphatic heterocycles. The summed E-state index contributed by atoms with van der Waals surface area (Å²) in [5, 5.41) is 10.4. The average Bonchev–Trinajstić information content (AvgIpc) is 2.30. The van der Waals surface area contributed by atoms with Gasteiger partial charge < -0.3 is 5.11 Å². The average molecular weight is 190 g/mol. The van der Waals surface area contributed by atoms with Crippen molar-refractivity contribution < 1.29 is 9.90 Å². The van der Waals surface area contributed by atoms with Crippen molar-refractivity contribution in [3.8, 4) is 0 Å². The third-order valence-electron chi connectivity index (χ3n) is 2.02. The molecule has 0 radical (unpaired) electrons. The number of carbonyl (C=O) groups is 1. The topological polar surface area (TPSA) is 43.8 Å². The molecule has 1 saturated heterocycles. The Balaban J connectivity index is 2.42. The molecular formula is C7H14N2O2S. The summed E-state index contributed by atoms with van der Waals surface area (Å²) >= 11 is 3.88. The van der Waals surface area contributed by atoms with Gasteiger partial charge in [-0.15, -0.1) is 0 Å². The van der Waals surface area contributed by atoms with E-state index in [-0.39, 0.29) is 0 Å². The summed E-state index contributed by atoms with van der Waals surface area (Å²) in [6.07, 6.45) is 3.50. The van der Waals surface area contributed by atoms with Crippen molar-refractivity contribution in [2.45, 2.75) is 25.7 Å². The first-order valence-electron chi connectivity index (χ1n) is 4.18. The fourth-order valence-corrected chi connectivity index (χ4v) is 1.54. The number of rotatable bonds is 1. The summed E-state index contributed by atoms with van der Waals surface area (Å²) in [6.45, 7) is 1.60. The van der Waals surface area contributed by atoms with E-state index in [0.29, 0.717) is 0 Å². The van der Waals surface area contributed by atoms with E-state index in [1.165, 1.54) is 12.8 Å². The van der Waals surface area contributed by atoms with Crippen LogP contribution in [0.1, 0.15) is 25.7 Å². The summed E-state index contributed by atoms with van der Waals surface area (Å²) < 4.78 is 0.991. The van der Waals surface area contributed by atoms with E-state index < -0.39 is 6.09 Å². The first-order chi connectivity index (χ1) is 5.72. The zero-order chi connectivity index (χ0) is 8.97. The van der Waals surface area contributed by atoms with Crippen LogP contribution in [0.25, 0.3) is 0 Å². The lowest BCUT2D eigenvalue weighted by Crippen LogP contribution is -2.40. The molecule has 4 nitrogen and oxygen atoms in total. The van der Waals surface area contributed by atoms with Crippen molar-refractivity contribution >= 4 is 18.9 Å². The molecule has 1 fully saturated rings. The zero-order valence-electron chi connectivity index (χ0n) is 6.94. The molecule has 1 amide bonds.